The third kappa shape index (κ3) is 8.05. The van der Waals surface area contributed by atoms with Gasteiger partial charge in [-0.05, 0) is 18.6 Å². The molecule has 0 saturated heterocycles. The standard InChI is InChI=1S/C17H29NO2/c1-2-3-4-5-6-9-13-19-14-10-15-20-17-12-8-7-11-16(17)18/h7-8,11-12H,2-6,9-10,13-15,18H2,1H3. The summed E-state index contributed by atoms with van der Waals surface area (Å²) >= 11 is 0. The molecule has 0 fully saturated rings. The molecule has 0 atom stereocenters. The topological polar surface area (TPSA) is 44.5 Å². The zero-order valence-corrected chi connectivity index (χ0v) is 12.8. The van der Waals surface area contributed by atoms with Crippen LogP contribution in [0.1, 0.15) is 51.9 Å². The molecule has 20 heavy (non-hydrogen) atoms. The number of benzene rings is 1. The summed E-state index contributed by atoms with van der Waals surface area (Å²) in [7, 11) is 0. The van der Waals surface area contributed by atoms with E-state index in [1.54, 1.807) is 0 Å². The van der Waals surface area contributed by atoms with Gasteiger partial charge in [0.2, 0.25) is 0 Å². The number of ether oxygens (including phenoxy) is 2. The number of unbranched alkanes of at least 4 members (excludes halogenated alkanes) is 5. The third-order valence-electron chi connectivity index (χ3n) is 3.25. The summed E-state index contributed by atoms with van der Waals surface area (Å²) in [6.07, 6.45) is 8.75. The Bertz CT molecular complexity index is 342. The van der Waals surface area contributed by atoms with Gasteiger partial charge in [0.15, 0.2) is 0 Å². The second-order valence-corrected chi connectivity index (χ2v) is 5.12. The third-order valence-corrected chi connectivity index (χ3v) is 3.25. The summed E-state index contributed by atoms with van der Waals surface area (Å²) in [5.41, 5.74) is 6.49. The fourth-order valence-corrected chi connectivity index (χ4v) is 2.04. The van der Waals surface area contributed by atoms with Crippen LogP contribution in [-0.4, -0.2) is 19.8 Å². The zero-order chi connectivity index (χ0) is 14.5. The highest BCUT2D eigenvalue weighted by atomic mass is 16.5. The number of hydrogen-bond donors (Lipinski definition) is 1. The maximum Gasteiger partial charge on any atom is 0.142 e. The van der Waals surface area contributed by atoms with Gasteiger partial charge in [-0.15, -0.1) is 0 Å². The molecule has 3 heteroatoms. The average Bonchev–Trinajstić information content (AvgIpc) is 2.46. The molecule has 2 N–H and O–H groups in total. The van der Waals surface area contributed by atoms with Gasteiger partial charge in [-0.2, -0.15) is 0 Å². The molecule has 0 bridgehead atoms. The molecule has 1 rings (SSSR count). The predicted octanol–water partition coefficient (Wildman–Crippen LogP) is 4.41. The first kappa shape index (κ1) is 16.8. The lowest BCUT2D eigenvalue weighted by Crippen LogP contribution is -2.05. The van der Waals surface area contributed by atoms with Gasteiger partial charge in [0.25, 0.3) is 0 Å². The van der Waals surface area contributed by atoms with Crippen LogP contribution in [0, 0.1) is 0 Å². The van der Waals surface area contributed by atoms with Crippen LogP contribution in [0.25, 0.3) is 0 Å². The fraction of sp³-hybridized carbons (Fsp3) is 0.647. The molecule has 0 amide bonds. The Morgan fingerprint density at radius 3 is 2.35 bits per heavy atom. The van der Waals surface area contributed by atoms with E-state index in [4.69, 9.17) is 15.2 Å². The Morgan fingerprint density at radius 2 is 1.55 bits per heavy atom. The van der Waals surface area contributed by atoms with Crippen molar-refractivity contribution in [3.63, 3.8) is 0 Å². The smallest absolute Gasteiger partial charge is 0.142 e. The van der Waals surface area contributed by atoms with Crippen LogP contribution >= 0.6 is 0 Å². The number of nitrogen functional groups attached to an aromatic ring is 1. The molecule has 0 aromatic heterocycles. The molecule has 0 unspecified atom stereocenters. The molecule has 1 aromatic rings. The number of nitrogens with two attached hydrogens (primary N) is 1. The normalized spacial score (nSPS) is 10.7. The highest BCUT2D eigenvalue weighted by Crippen LogP contribution is 2.19. The molecule has 0 aliphatic rings. The van der Waals surface area contributed by atoms with E-state index in [2.05, 4.69) is 6.92 Å². The first-order valence-corrected chi connectivity index (χ1v) is 7.89. The summed E-state index contributed by atoms with van der Waals surface area (Å²) in [4.78, 5) is 0. The predicted molar refractivity (Wildman–Crippen MR) is 85.2 cm³/mol. The van der Waals surface area contributed by atoms with Crippen molar-refractivity contribution in [1.82, 2.24) is 0 Å². The minimum Gasteiger partial charge on any atom is -0.491 e. The van der Waals surface area contributed by atoms with Gasteiger partial charge in [-0.3, -0.25) is 0 Å². The van der Waals surface area contributed by atoms with Crippen molar-refractivity contribution in [2.45, 2.75) is 51.9 Å². The lowest BCUT2D eigenvalue weighted by molar-refractivity contribution is 0.116. The molecular formula is C17H29NO2. The summed E-state index contributed by atoms with van der Waals surface area (Å²) in [6.45, 7) is 4.54. The summed E-state index contributed by atoms with van der Waals surface area (Å²) in [5.74, 6) is 0.767. The highest BCUT2D eigenvalue weighted by molar-refractivity contribution is 5.51. The Morgan fingerprint density at radius 1 is 0.850 bits per heavy atom. The van der Waals surface area contributed by atoms with E-state index in [0.29, 0.717) is 12.3 Å². The SMILES string of the molecule is CCCCCCCCOCCCOc1ccccc1N. The second-order valence-electron chi connectivity index (χ2n) is 5.12. The van der Waals surface area contributed by atoms with Crippen molar-refractivity contribution in [2.75, 3.05) is 25.6 Å². The van der Waals surface area contributed by atoms with Crippen LogP contribution < -0.4 is 10.5 Å². The van der Waals surface area contributed by atoms with E-state index in [0.717, 1.165) is 25.4 Å². The molecule has 0 radical (unpaired) electrons. The summed E-state index contributed by atoms with van der Waals surface area (Å²) in [5, 5.41) is 0. The van der Waals surface area contributed by atoms with Crippen LogP contribution in [0.2, 0.25) is 0 Å². The summed E-state index contributed by atoms with van der Waals surface area (Å²) < 4.78 is 11.2. The molecule has 1 aromatic carbocycles. The van der Waals surface area contributed by atoms with Gasteiger partial charge >= 0.3 is 0 Å². The van der Waals surface area contributed by atoms with E-state index >= 15 is 0 Å². The van der Waals surface area contributed by atoms with Crippen molar-refractivity contribution in [1.29, 1.82) is 0 Å². The molecule has 0 saturated carbocycles. The van der Waals surface area contributed by atoms with Crippen molar-refractivity contribution < 1.29 is 9.47 Å². The van der Waals surface area contributed by atoms with Gasteiger partial charge in [0, 0.05) is 19.6 Å². The molecule has 114 valence electrons. The van der Waals surface area contributed by atoms with Crippen molar-refractivity contribution >= 4 is 5.69 Å². The molecule has 3 nitrogen and oxygen atoms in total. The van der Waals surface area contributed by atoms with E-state index in [-0.39, 0.29) is 0 Å². The molecule has 0 aliphatic carbocycles. The minimum absolute atomic E-state index is 0.657. The van der Waals surface area contributed by atoms with Gasteiger partial charge in [-0.1, -0.05) is 51.2 Å². The van der Waals surface area contributed by atoms with E-state index < -0.39 is 0 Å². The van der Waals surface area contributed by atoms with Gasteiger partial charge < -0.3 is 15.2 Å². The lowest BCUT2D eigenvalue weighted by atomic mass is 10.1. The van der Waals surface area contributed by atoms with Crippen LogP contribution in [0.15, 0.2) is 24.3 Å². The molecule has 0 aliphatic heterocycles. The minimum atomic E-state index is 0.657. The second kappa shape index (κ2) is 11.6. The van der Waals surface area contributed by atoms with Gasteiger partial charge in [0.1, 0.15) is 5.75 Å². The van der Waals surface area contributed by atoms with E-state index in [1.165, 1.54) is 38.5 Å². The van der Waals surface area contributed by atoms with Crippen LogP contribution in [0.5, 0.6) is 5.75 Å². The van der Waals surface area contributed by atoms with Crippen molar-refractivity contribution in [2.24, 2.45) is 0 Å². The Labute approximate surface area is 123 Å². The molecule has 0 spiro atoms. The van der Waals surface area contributed by atoms with E-state index in [9.17, 15) is 0 Å². The maximum atomic E-state index is 5.79. The molecular weight excluding hydrogens is 250 g/mol. The number of para-hydroxylation sites is 2. The number of hydrogen-bond acceptors (Lipinski definition) is 3. The Balaban J connectivity index is 1.87. The highest BCUT2D eigenvalue weighted by Gasteiger charge is 1.98. The summed E-state index contributed by atoms with van der Waals surface area (Å²) in [6, 6.07) is 7.59. The quantitative estimate of drug-likeness (QED) is 0.455. The largest absolute Gasteiger partial charge is 0.491 e. The average molecular weight is 279 g/mol. The van der Waals surface area contributed by atoms with Crippen LogP contribution in [0.4, 0.5) is 5.69 Å². The Kier molecular flexibility index (Phi) is 9.76. The van der Waals surface area contributed by atoms with Gasteiger partial charge in [0.05, 0.1) is 12.3 Å². The van der Waals surface area contributed by atoms with E-state index in [1.807, 2.05) is 24.3 Å². The number of anilines is 1. The first-order valence-electron chi connectivity index (χ1n) is 7.89. The van der Waals surface area contributed by atoms with Crippen LogP contribution in [0.3, 0.4) is 0 Å². The lowest BCUT2D eigenvalue weighted by Gasteiger charge is -2.08. The van der Waals surface area contributed by atoms with Gasteiger partial charge in [-0.25, -0.2) is 0 Å². The monoisotopic (exact) mass is 279 g/mol. The zero-order valence-electron chi connectivity index (χ0n) is 12.8. The fourth-order valence-electron chi connectivity index (χ4n) is 2.04. The van der Waals surface area contributed by atoms with Crippen molar-refractivity contribution in [3.05, 3.63) is 24.3 Å². The van der Waals surface area contributed by atoms with Crippen LogP contribution in [-0.2, 0) is 4.74 Å². The van der Waals surface area contributed by atoms with Crippen molar-refractivity contribution in [3.8, 4) is 5.75 Å². The number of rotatable bonds is 12. The molecule has 0 heterocycles. The maximum absolute atomic E-state index is 5.79. The Hall–Kier alpha value is -1.22. The first-order chi connectivity index (χ1) is 9.84.